The van der Waals surface area contributed by atoms with Gasteiger partial charge in [-0.2, -0.15) is 0 Å². The van der Waals surface area contributed by atoms with Crippen LogP contribution in [-0.4, -0.2) is 13.3 Å². The number of anilines is 3. The van der Waals surface area contributed by atoms with Crippen LogP contribution in [0.15, 0.2) is 224 Å². The number of rotatable bonds is 8. The van der Waals surface area contributed by atoms with Crippen molar-refractivity contribution in [1.82, 2.24) is 0 Å². The van der Waals surface area contributed by atoms with Crippen molar-refractivity contribution < 1.29 is 0 Å². The molecule has 0 fully saturated rings. The quantitative estimate of drug-likeness (QED) is 0.141. The Morgan fingerprint density at radius 2 is 0.731 bits per heavy atom. The van der Waals surface area contributed by atoms with E-state index < -0.39 is 13.3 Å². The van der Waals surface area contributed by atoms with Gasteiger partial charge < -0.3 is 0 Å². The number of fused-ring (bicyclic) bond motifs is 2. The molecule has 0 N–H and O–H groups in total. The second kappa shape index (κ2) is 13.9. The van der Waals surface area contributed by atoms with Crippen molar-refractivity contribution in [2.75, 3.05) is 4.90 Å². The monoisotopic (exact) mass is 725 g/mol. The molecule has 0 unspecified atom stereocenters. The van der Waals surface area contributed by atoms with Crippen LogP contribution in [0.3, 0.4) is 0 Å². The minimum absolute atomic E-state index is 1.12. The van der Waals surface area contributed by atoms with Gasteiger partial charge in [0.2, 0.25) is 0 Å². The molecule has 1 nitrogen and oxygen atoms in total. The van der Waals surface area contributed by atoms with Crippen LogP contribution in [0.2, 0.25) is 0 Å². The van der Waals surface area contributed by atoms with Crippen LogP contribution in [-0.2, 0) is 0 Å². The molecular formula is C50H37GeN. The maximum atomic E-state index is 2.40. The molecule has 0 atom stereocenters. The molecule has 52 heavy (non-hydrogen) atoms. The van der Waals surface area contributed by atoms with Crippen LogP contribution >= 0.6 is 0 Å². The molecule has 0 aliphatic rings. The topological polar surface area (TPSA) is 3.24 Å². The molecule has 0 saturated heterocycles. The van der Waals surface area contributed by atoms with Crippen molar-refractivity contribution in [3.05, 3.63) is 224 Å². The van der Waals surface area contributed by atoms with E-state index in [2.05, 4.69) is 229 Å². The van der Waals surface area contributed by atoms with E-state index in [0.29, 0.717) is 0 Å². The fraction of sp³-hybridized carbons (Fsp3) is 0. The number of hydrogen-bond donors (Lipinski definition) is 0. The summed E-state index contributed by atoms with van der Waals surface area (Å²) in [5.74, 6) is 0. The third kappa shape index (κ3) is 5.70. The zero-order valence-corrected chi connectivity index (χ0v) is 30.9. The Balaban J connectivity index is 1.14. The third-order valence-corrected chi connectivity index (χ3v) is 20.5. The summed E-state index contributed by atoms with van der Waals surface area (Å²) in [6.07, 6.45) is 0. The average molecular weight is 724 g/mol. The van der Waals surface area contributed by atoms with Gasteiger partial charge in [-0.15, -0.1) is 0 Å². The molecular weight excluding hydrogens is 687 g/mol. The molecule has 0 aliphatic carbocycles. The molecule has 246 valence electrons. The van der Waals surface area contributed by atoms with Crippen LogP contribution in [0.1, 0.15) is 0 Å². The van der Waals surface area contributed by atoms with Gasteiger partial charge in [-0.3, -0.25) is 0 Å². The molecule has 0 spiro atoms. The zero-order chi connectivity index (χ0) is 34.7. The first-order chi connectivity index (χ1) is 25.8. The summed E-state index contributed by atoms with van der Waals surface area (Å²) in [5, 5.41) is 4.92. The normalized spacial score (nSPS) is 11.5. The minimum atomic E-state index is -3.31. The van der Waals surface area contributed by atoms with Crippen molar-refractivity contribution in [2.24, 2.45) is 0 Å². The fourth-order valence-corrected chi connectivity index (χ4v) is 17.9. The van der Waals surface area contributed by atoms with E-state index in [1.54, 1.807) is 0 Å². The summed E-state index contributed by atoms with van der Waals surface area (Å²) in [6.45, 7) is 0. The van der Waals surface area contributed by atoms with Gasteiger partial charge in [0.25, 0.3) is 0 Å². The van der Waals surface area contributed by atoms with E-state index in [4.69, 9.17) is 0 Å². The van der Waals surface area contributed by atoms with Gasteiger partial charge in [-0.1, -0.05) is 48.5 Å². The van der Waals surface area contributed by atoms with Crippen molar-refractivity contribution >= 4 is 69.5 Å². The summed E-state index contributed by atoms with van der Waals surface area (Å²) >= 11 is -3.31. The van der Waals surface area contributed by atoms with Gasteiger partial charge in [0.05, 0.1) is 0 Å². The number of hydrogen-bond acceptors (Lipinski definition) is 1. The molecule has 9 aromatic rings. The zero-order valence-electron chi connectivity index (χ0n) is 28.8. The molecule has 0 radical (unpaired) electrons. The van der Waals surface area contributed by atoms with Gasteiger partial charge >= 0.3 is 256 Å². The number of benzene rings is 9. The first-order valence-corrected chi connectivity index (χ1v) is 22.1. The predicted octanol–water partition coefficient (Wildman–Crippen LogP) is 10.5. The van der Waals surface area contributed by atoms with Gasteiger partial charge in [0.15, 0.2) is 0 Å². The van der Waals surface area contributed by atoms with Gasteiger partial charge in [0, 0.05) is 0 Å². The molecule has 0 aromatic heterocycles. The van der Waals surface area contributed by atoms with E-state index in [9.17, 15) is 0 Å². The van der Waals surface area contributed by atoms with Gasteiger partial charge in [-0.25, -0.2) is 0 Å². The van der Waals surface area contributed by atoms with Crippen molar-refractivity contribution in [3.8, 4) is 11.1 Å². The van der Waals surface area contributed by atoms with Crippen LogP contribution in [0.4, 0.5) is 17.1 Å². The van der Waals surface area contributed by atoms with E-state index in [0.717, 1.165) is 17.1 Å². The standard InChI is InChI=1S/C50H37GeN/c1-4-19-43(20-5-1)51(44-21-6-2-7-22-44,45-23-8-3-9-24-45)46-32-27-39(28-33-46)40-29-34-47(35-30-40)52(48-36-31-38-15-10-11-17-42(38)37-48)50-26-14-18-41-16-12-13-25-49(41)50/h1-37H. The first kappa shape index (κ1) is 31.8. The fourth-order valence-electron chi connectivity index (χ4n) is 7.93. The van der Waals surface area contributed by atoms with Crippen molar-refractivity contribution in [2.45, 2.75) is 0 Å². The predicted molar refractivity (Wildman–Crippen MR) is 225 cm³/mol. The molecule has 0 saturated carbocycles. The van der Waals surface area contributed by atoms with E-state index in [-0.39, 0.29) is 0 Å². The van der Waals surface area contributed by atoms with Crippen LogP contribution < -0.4 is 22.5 Å². The Kier molecular flexibility index (Phi) is 8.48. The van der Waals surface area contributed by atoms with Gasteiger partial charge in [0.1, 0.15) is 0 Å². The Bertz CT molecular complexity index is 2500. The molecule has 0 amide bonds. The second-order valence-corrected chi connectivity index (χ2v) is 21.3. The van der Waals surface area contributed by atoms with Crippen molar-refractivity contribution in [3.63, 3.8) is 0 Å². The van der Waals surface area contributed by atoms with E-state index in [1.165, 1.54) is 50.3 Å². The Morgan fingerprint density at radius 3 is 1.33 bits per heavy atom. The molecule has 0 bridgehead atoms. The van der Waals surface area contributed by atoms with Crippen LogP contribution in [0.25, 0.3) is 32.7 Å². The average Bonchev–Trinajstić information content (AvgIpc) is 3.23. The Morgan fingerprint density at radius 1 is 0.288 bits per heavy atom. The summed E-state index contributed by atoms with van der Waals surface area (Å²) < 4.78 is 5.71. The molecule has 0 aliphatic heterocycles. The maximum absolute atomic E-state index is 3.31. The third-order valence-electron chi connectivity index (χ3n) is 10.4. The second-order valence-electron chi connectivity index (χ2n) is 13.3. The molecule has 0 heterocycles. The first-order valence-electron chi connectivity index (χ1n) is 17.9. The summed E-state index contributed by atoms with van der Waals surface area (Å²) in [6, 6.07) is 82.6. The SMILES string of the molecule is c1cc[c]([Ge]([c]2ccccc2)([c]2ccccc2)[c]2ccc(-c3ccc(N(c4ccc5ccccc5c4)c4cccc5ccccc45)cc3)cc2)cc1. The summed E-state index contributed by atoms with van der Waals surface area (Å²) in [4.78, 5) is 2.39. The van der Waals surface area contributed by atoms with Crippen molar-refractivity contribution in [1.29, 1.82) is 0 Å². The Labute approximate surface area is 308 Å². The van der Waals surface area contributed by atoms with E-state index in [1.807, 2.05) is 0 Å². The van der Waals surface area contributed by atoms with Gasteiger partial charge in [-0.05, 0) is 5.39 Å². The number of nitrogens with zero attached hydrogens (tertiary/aromatic N) is 1. The molecule has 9 aromatic carbocycles. The summed E-state index contributed by atoms with van der Waals surface area (Å²) in [5.41, 5.74) is 5.83. The summed E-state index contributed by atoms with van der Waals surface area (Å²) in [7, 11) is 0. The molecule has 2 heteroatoms. The van der Waals surface area contributed by atoms with Crippen LogP contribution in [0.5, 0.6) is 0 Å². The van der Waals surface area contributed by atoms with E-state index >= 15 is 0 Å². The van der Waals surface area contributed by atoms with Crippen LogP contribution in [0, 0.1) is 0 Å². The Hall–Kier alpha value is -6.16. The molecule has 9 rings (SSSR count).